The smallest absolute Gasteiger partial charge is 0 e. The molecule has 0 amide bonds. The zero-order chi connectivity index (χ0) is 104. The van der Waals surface area contributed by atoms with Gasteiger partial charge in [-0.3, -0.25) is 9.97 Å². The van der Waals surface area contributed by atoms with Crippen LogP contribution in [0.4, 0.5) is 29.1 Å². The van der Waals surface area contributed by atoms with Gasteiger partial charge in [0.15, 0.2) is 57.8 Å². The molecular formula is C91H92B2BrClN13O19P16PdS3. The molecule has 0 saturated carbocycles. The molecule has 56 heteroatoms. The van der Waals surface area contributed by atoms with Crippen LogP contribution >= 0.6 is 145 Å². The molecule has 1 radical (unpaired) electrons. The minimum atomic E-state index is -4.05. The first-order valence-electron chi connectivity index (χ1n) is 42.4. The zero-order valence-corrected chi connectivity index (χ0v) is 98.4. The number of halogens is 2. The normalized spacial score (nSPS) is 12.6. The molecule has 147 heavy (non-hydrogen) atoms. The fourth-order valence-electron chi connectivity index (χ4n) is 12.2. The van der Waals surface area contributed by atoms with Crippen molar-refractivity contribution in [1.29, 1.82) is 0 Å². The molecule has 763 valence electrons. The number of aromatic hydroxyl groups is 1. The summed E-state index contributed by atoms with van der Waals surface area (Å²) in [5, 5.41) is 27.0. The van der Waals surface area contributed by atoms with Crippen molar-refractivity contribution < 1.29 is 109 Å². The quantitative estimate of drug-likeness (QED) is 0.00677. The van der Waals surface area contributed by atoms with Gasteiger partial charge in [-0.15, -0.1) is 0 Å². The van der Waals surface area contributed by atoms with Gasteiger partial charge in [-0.2, -0.15) is 8.42 Å². The van der Waals surface area contributed by atoms with Crippen molar-refractivity contribution in [2.75, 3.05) is 57.1 Å². The Labute approximate surface area is 894 Å². The molecule has 32 nitrogen and oxygen atoms in total. The summed E-state index contributed by atoms with van der Waals surface area (Å²) in [7, 11) is 8.86. The van der Waals surface area contributed by atoms with Gasteiger partial charge < -0.3 is 81.2 Å². The molecule has 22 aromatic rings. The van der Waals surface area contributed by atoms with Gasteiger partial charge in [-0.25, -0.2) is 52.5 Å². The van der Waals surface area contributed by atoms with Crippen molar-refractivity contribution in [1.82, 2.24) is 34.9 Å². The fraction of sp³-hybridized carbons (Fsp3) is 0.110. The Morgan fingerprint density at radius 1 is 0.422 bits per heavy atom. The number of hydrogen-bond acceptors (Lipinski definition) is 33. The van der Waals surface area contributed by atoms with Gasteiger partial charge >= 0.3 is 65.9 Å². The average Bonchev–Trinajstić information content (AvgIpc) is 1.41. The number of ether oxygens (including phenoxy) is 7. The minimum absolute atomic E-state index is 0. The third kappa shape index (κ3) is 32.2. The Balaban J connectivity index is 0.000000151. The standard InChI is InChI=1S/C20H18N2O5S.C19H17N3O3.C12H11BrN2O.C12H11N3O3.C12H12N2O.C8H9BO4.C7H7ClO2S.CH4.BHNS.H2P16.Pd/c1-13-3-9-17(10-4-13)28(24,25)27-18-11-16(12-22-19(18)21)14-5-7-15(8-6-14)20(23)26-2;1-24-19(23)14-7-8-16(21-10-14)15-9-17(18(20)22-11-15)25-12-13-5-3-2-4-6-13;13-10-6-11(12(14)15-7-10)16-8-9-4-2-1-3-5-9;1-18-12(17)7-2-3-9(14-5-7)8-4-10(16)11(13)15-6-8;13-12-11(7-4-8-14-12)15-9-10-5-2-1-3-6-10;1-13-8(10)6-2-4-7(5-3-6)9(11)12;1-6-2-4-7(5-3-6)11(8,9)10;;1-2-3;1-3-4(1)7(3)9-11-12(9)15(11)16-13-10(14(13)16)8-5-2-6(5)8;/h3-12H,1-2H3,(H2,21,22);2-11H,12H2,1H3,(H2,20,22);1-7H,8H2,(H2,14,15);2-6,16H,1H3,(H2,13,15);1-8H,9H2,(H2,13,14);2-5,11-12H,1H3;2-5H,1H3;1H4;3H;1-2H;. The Hall–Kier alpha value is -9.20. The van der Waals surface area contributed by atoms with Crippen molar-refractivity contribution in [3.05, 3.63) is 347 Å². The minimum Gasteiger partial charge on any atom is -0.0716 e. The van der Waals surface area contributed by atoms with Crippen LogP contribution < -0.4 is 52.5 Å². The van der Waals surface area contributed by atoms with Crippen LogP contribution in [0.1, 0.15) is 76.7 Å². The maximum atomic E-state index is 12.5. The van der Waals surface area contributed by atoms with Crippen LogP contribution in [0.5, 0.6) is 28.7 Å². The van der Waals surface area contributed by atoms with Crippen molar-refractivity contribution in [3.63, 3.8) is 0 Å². The van der Waals surface area contributed by atoms with Crippen LogP contribution in [0.25, 0.3) is 33.6 Å². The number of nitrogens with two attached hydrogens (primary N) is 5. The summed E-state index contributed by atoms with van der Waals surface area (Å²) >= 11 is 6.52. The second-order valence-corrected chi connectivity index (χ2v) is 141. The van der Waals surface area contributed by atoms with E-state index in [0.29, 0.717) is 110 Å². The summed E-state index contributed by atoms with van der Waals surface area (Å²) < 4.78 is 90.5. The summed E-state index contributed by atoms with van der Waals surface area (Å²) in [5.41, 5.74) is 39.4. The predicted octanol–water partition coefficient (Wildman–Crippen LogP) is 27.9. The van der Waals surface area contributed by atoms with Gasteiger partial charge in [-0.05, 0) is 257 Å². The van der Waals surface area contributed by atoms with Crippen molar-refractivity contribution >= 4 is 237 Å². The fourth-order valence-corrected chi connectivity index (χ4v) is 464. The number of fused-ring (bicyclic) bond motifs is 4. The number of methoxy groups -OCH3 is 4. The van der Waals surface area contributed by atoms with Crippen molar-refractivity contribution in [2.24, 2.45) is 4.30 Å². The van der Waals surface area contributed by atoms with Gasteiger partial charge in [0.05, 0.1) is 67.0 Å². The molecule has 0 aliphatic carbocycles. The molecule has 8 atom stereocenters. The number of esters is 4. The van der Waals surface area contributed by atoms with Gasteiger partial charge in [0.25, 0.3) is 9.05 Å². The number of nitrogen functional groups attached to an aromatic ring is 5. The van der Waals surface area contributed by atoms with Crippen LogP contribution in [0.3, 0.4) is 0 Å². The second kappa shape index (κ2) is 54.2. The molecule has 0 saturated heterocycles. The number of benzene rings is 7. The van der Waals surface area contributed by atoms with E-state index < -0.39 is 50.2 Å². The van der Waals surface area contributed by atoms with Crippen LogP contribution in [0.2, 0.25) is 0 Å². The summed E-state index contributed by atoms with van der Waals surface area (Å²) in [6, 6.07) is 71.5. The molecule has 8 unspecified atom stereocenters. The van der Waals surface area contributed by atoms with E-state index in [1.54, 1.807) is 119 Å². The first-order chi connectivity index (χ1) is 69.7. The maximum Gasteiger partial charge on any atom is 0 e. The predicted molar refractivity (Wildman–Crippen MR) is 619 cm³/mol. The topological polar surface area (TPSA) is 504 Å². The summed E-state index contributed by atoms with van der Waals surface area (Å²) in [6.07, 6.45) is 18.9. The maximum absolute atomic E-state index is 12.5. The van der Waals surface area contributed by atoms with E-state index >= 15 is 0 Å². The monoisotopic (exact) mass is 2500 g/mol. The first kappa shape index (κ1) is 116. The van der Waals surface area contributed by atoms with Crippen LogP contribution in [-0.4, -0.2) is 134 Å². The number of carbonyl (C=O) groups excluding carboxylic acids is 4. The van der Waals surface area contributed by atoms with Crippen LogP contribution in [0, 0.1) is 13.8 Å². The number of aryl methyl sites for hydroxylation is 2. The summed E-state index contributed by atoms with van der Waals surface area (Å²) in [6.45, 7) is 11.4. The van der Waals surface area contributed by atoms with E-state index in [4.69, 9.17) is 67.8 Å². The molecule has 7 aromatic carbocycles. The Bertz CT molecular complexity index is 8030. The van der Waals surface area contributed by atoms with E-state index in [1.165, 1.54) is 114 Å². The van der Waals surface area contributed by atoms with Crippen LogP contribution in [0.15, 0.2) is 311 Å². The summed E-state index contributed by atoms with van der Waals surface area (Å²) in [4.78, 5) is 73.7. The second-order valence-electron chi connectivity index (χ2n) is 30.3. The first-order valence-corrected chi connectivity index (χ1v) is 84.9. The van der Waals surface area contributed by atoms with Gasteiger partial charge in [0, 0.05) is 95.6 Å². The zero-order valence-electron chi connectivity index (χ0n) is 77.4. The van der Waals surface area contributed by atoms with Gasteiger partial charge in [-0.1, -0.05) is 173 Å². The molecule has 0 aliphatic heterocycles. The molecule has 0 spiro atoms. The third-order valence-electron chi connectivity index (χ3n) is 20.3. The van der Waals surface area contributed by atoms with E-state index in [2.05, 4.69) is 94.5 Å². The average molecular weight is 2510 g/mol. The van der Waals surface area contributed by atoms with Crippen molar-refractivity contribution in [3.8, 4) is 62.4 Å². The third-order valence-corrected chi connectivity index (χ3v) is 241. The number of pyridine rings is 7. The largest absolute Gasteiger partial charge is 0.0716 e. The van der Waals surface area contributed by atoms with E-state index in [9.17, 15) is 41.1 Å². The van der Waals surface area contributed by atoms with Gasteiger partial charge in [0.1, 0.15) is 24.7 Å². The van der Waals surface area contributed by atoms with Gasteiger partial charge in [0.2, 0.25) is 0 Å². The molecular weight excluding hydrogens is 2410 g/mol. The SMILES string of the molecule is C.COC(=O)c1ccc(-c2cnc(N)c(O)c2)nc1.COC(=O)c1ccc(-c2cnc(N)c(OCc3ccccc3)c2)nc1.COC(=O)c1ccc(-c2cnc(N)c(OS(=O)(=O)c3ccc(C)cc3)c2)cc1.COC(=O)c1ccc(B(O)O)cc1.Cc1ccc(S(=O)(=O)Cl)cc1.Nc1ncc(Br)cc1OCc1ccccc1.Nc1ncccc1OCc1ccccc1.[B]=NS.[Pd].[pH]1p2p(-p3p4p(-p5p6p(-p7p8[pH]p78)p56)p34)p12. The van der Waals surface area contributed by atoms with Crippen LogP contribution in [-0.2, 0) is 78.4 Å². The Morgan fingerprint density at radius 2 is 0.776 bits per heavy atom. The Kier molecular flexibility index (Phi) is 42.9. The molecule has 22 rings (SSSR count). The number of aromatic nitrogens is 7. The molecule has 13 N–H and O–H groups in total. The molecule has 0 bridgehead atoms. The van der Waals surface area contributed by atoms with E-state index in [-0.39, 0.29) is 60.8 Å². The number of rotatable bonds is 24. The van der Waals surface area contributed by atoms with E-state index in [0.717, 1.165) is 128 Å². The number of carbonyl (C=O) groups is 4. The van der Waals surface area contributed by atoms with Crippen molar-refractivity contribution in [2.45, 2.75) is 50.9 Å². The molecule has 0 fully saturated rings. The number of nitrogens with zero attached hydrogens (tertiary/aromatic N) is 8. The number of anilines is 5. The number of thiol groups is 1. The molecule has 0 aliphatic rings. The molecule has 15 heterocycles. The van der Waals surface area contributed by atoms with E-state index in [1.807, 2.05) is 117 Å². The Morgan fingerprint density at radius 3 is 1.16 bits per heavy atom. The number of hydrogen-bond donors (Lipinski definition) is 9. The summed E-state index contributed by atoms with van der Waals surface area (Å²) in [5.74, 6) is 0.901. The molecule has 15 aromatic heterocycles.